The summed E-state index contributed by atoms with van der Waals surface area (Å²) in [7, 11) is 0. The maximum Gasteiger partial charge on any atom is 0.201 e. The van der Waals surface area contributed by atoms with E-state index in [0.717, 1.165) is 25.0 Å². The fourth-order valence-corrected chi connectivity index (χ4v) is 2.83. The van der Waals surface area contributed by atoms with Crippen LogP contribution in [0.5, 0.6) is 0 Å². The Morgan fingerprint density at radius 3 is 3.00 bits per heavy atom. The molecule has 19 heavy (non-hydrogen) atoms. The summed E-state index contributed by atoms with van der Waals surface area (Å²) in [5.74, 6) is 0.219. The van der Waals surface area contributed by atoms with Gasteiger partial charge in [0.2, 0.25) is 5.95 Å². The van der Waals surface area contributed by atoms with Crippen molar-refractivity contribution in [3.05, 3.63) is 23.5 Å². The first kappa shape index (κ1) is 12.4. The number of aromatic nitrogens is 2. The number of benzene rings is 1. The normalized spacial score (nSPS) is 23.9. The number of hydrogen-bond acceptors (Lipinski definition) is 3. The molecule has 1 aliphatic heterocycles. The summed E-state index contributed by atoms with van der Waals surface area (Å²) in [6.45, 7) is 4.55. The van der Waals surface area contributed by atoms with Gasteiger partial charge in [-0.15, -0.1) is 0 Å². The molecule has 1 fully saturated rings. The fraction of sp³-hybridized carbons (Fsp3) is 0.500. The lowest BCUT2D eigenvalue weighted by Gasteiger charge is -2.29. The summed E-state index contributed by atoms with van der Waals surface area (Å²) < 4.78 is 21.2. The highest BCUT2D eigenvalue weighted by Gasteiger charge is 2.24. The van der Waals surface area contributed by atoms with Crippen molar-refractivity contribution in [3.63, 3.8) is 0 Å². The highest BCUT2D eigenvalue weighted by atomic mass is 19.1. The van der Waals surface area contributed by atoms with E-state index in [2.05, 4.69) is 11.9 Å². The van der Waals surface area contributed by atoms with E-state index in [1.807, 2.05) is 10.6 Å². The maximum absolute atomic E-state index is 13.6. The van der Waals surface area contributed by atoms with E-state index in [1.165, 1.54) is 6.07 Å². The van der Waals surface area contributed by atoms with Crippen molar-refractivity contribution in [3.8, 4) is 0 Å². The van der Waals surface area contributed by atoms with E-state index >= 15 is 0 Å². The molecule has 0 spiro atoms. The largest absolute Gasteiger partial charge is 0.378 e. The molecular weight excluding hydrogens is 245 g/mol. The Kier molecular flexibility index (Phi) is 2.93. The first-order valence-electron chi connectivity index (χ1n) is 6.61. The third-order valence-electron chi connectivity index (χ3n) is 3.82. The molecule has 5 heteroatoms. The average molecular weight is 263 g/mol. The Balaban J connectivity index is 2.12. The number of aryl methyl sites for hydroxylation is 1. The summed E-state index contributed by atoms with van der Waals surface area (Å²) in [4.78, 5) is 4.28. The minimum absolute atomic E-state index is 0.220. The van der Waals surface area contributed by atoms with E-state index in [0.29, 0.717) is 17.0 Å². The van der Waals surface area contributed by atoms with Gasteiger partial charge in [-0.25, -0.2) is 9.37 Å². The molecule has 0 bridgehead atoms. The lowest BCUT2D eigenvalue weighted by Crippen LogP contribution is -2.26. The smallest absolute Gasteiger partial charge is 0.201 e. The molecule has 102 valence electrons. The monoisotopic (exact) mass is 263 g/mol. The highest BCUT2D eigenvalue weighted by Crippen LogP contribution is 2.32. The molecule has 1 aromatic heterocycles. The molecule has 0 amide bonds. The molecule has 2 aromatic rings. The molecule has 3 rings (SSSR count). The molecule has 2 atom stereocenters. The van der Waals surface area contributed by atoms with Gasteiger partial charge < -0.3 is 15.0 Å². The summed E-state index contributed by atoms with van der Waals surface area (Å²) in [6.07, 6.45) is 2.04. The van der Waals surface area contributed by atoms with Gasteiger partial charge in [-0.2, -0.15) is 0 Å². The second kappa shape index (κ2) is 4.49. The van der Waals surface area contributed by atoms with Gasteiger partial charge in [0.05, 0.1) is 17.1 Å². The van der Waals surface area contributed by atoms with Gasteiger partial charge in [-0.05, 0) is 38.3 Å². The molecule has 4 nitrogen and oxygen atoms in total. The maximum atomic E-state index is 13.6. The van der Waals surface area contributed by atoms with Gasteiger partial charge in [-0.1, -0.05) is 0 Å². The summed E-state index contributed by atoms with van der Waals surface area (Å²) in [6, 6.07) is 3.56. The number of anilines is 1. The molecule has 0 saturated carbocycles. The van der Waals surface area contributed by atoms with Crippen molar-refractivity contribution in [2.75, 3.05) is 12.3 Å². The Labute approximate surface area is 111 Å². The number of nitrogen functional groups attached to an aromatic ring is 1. The van der Waals surface area contributed by atoms with Crippen LogP contribution in [0.25, 0.3) is 11.0 Å². The fourth-order valence-electron chi connectivity index (χ4n) is 2.83. The first-order valence-corrected chi connectivity index (χ1v) is 6.61. The van der Waals surface area contributed by atoms with Crippen LogP contribution in [0, 0.1) is 12.7 Å². The molecule has 0 radical (unpaired) electrons. The van der Waals surface area contributed by atoms with Crippen molar-refractivity contribution in [1.82, 2.24) is 9.55 Å². The number of nitrogens with two attached hydrogens (primary N) is 1. The SMILES string of the molecule is Cc1cc2c(cc1F)nc(N)n2C1CCOC(C)C1. The van der Waals surface area contributed by atoms with Crippen LogP contribution in [0.4, 0.5) is 10.3 Å². The van der Waals surface area contributed by atoms with Crippen LogP contribution >= 0.6 is 0 Å². The van der Waals surface area contributed by atoms with Crippen LogP contribution in [0.2, 0.25) is 0 Å². The van der Waals surface area contributed by atoms with Crippen LogP contribution in [-0.4, -0.2) is 22.3 Å². The second-order valence-electron chi connectivity index (χ2n) is 5.29. The van der Waals surface area contributed by atoms with Crippen molar-refractivity contribution in [1.29, 1.82) is 0 Å². The Morgan fingerprint density at radius 1 is 1.47 bits per heavy atom. The molecule has 2 N–H and O–H groups in total. The van der Waals surface area contributed by atoms with Crippen LogP contribution in [0.3, 0.4) is 0 Å². The minimum Gasteiger partial charge on any atom is -0.378 e. The zero-order valence-electron chi connectivity index (χ0n) is 11.2. The lowest BCUT2D eigenvalue weighted by molar-refractivity contribution is 0.00713. The Hall–Kier alpha value is -1.62. The Morgan fingerprint density at radius 2 is 2.26 bits per heavy atom. The van der Waals surface area contributed by atoms with E-state index in [4.69, 9.17) is 10.5 Å². The number of fused-ring (bicyclic) bond motifs is 1. The van der Waals surface area contributed by atoms with Crippen molar-refractivity contribution in [2.24, 2.45) is 0 Å². The first-order chi connectivity index (χ1) is 9.06. The number of rotatable bonds is 1. The van der Waals surface area contributed by atoms with Crippen LogP contribution in [-0.2, 0) is 4.74 Å². The van der Waals surface area contributed by atoms with Crippen LogP contribution in [0.15, 0.2) is 12.1 Å². The Bertz CT molecular complexity index is 623. The predicted octanol–water partition coefficient (Wildman–Crippen LogP) is 2.81. The van der Waals surface area contributed by atoms with E-state index in [9.17, 15) is 4.39 Å². The third-order valence-corrected chi connectivity index (χ3v) is 3.82. The quantitative estimate of drug-likeness (QED) is 0.860. The van der Waals surface area contributed by atoms with Gasteiger partial charge >= 0.3 is 0 Å². The van der Waals surface area contributed by atoms with E-state index < -0.39 is 0 Å². The third kappa shape index (κ3) is 2.08. The number of ether oxygens (including phenoxy) is 1. The van der Waals surface area contributed by atoms with Crippen LogP contribution in [0.1, 0.15) is 31.4 Å². The van der Waals surface area contributed by atoms with Gasteiger partial charge in [0.15, 0.2) is 0 Å². The average Bonchev–Trinajstić information content (AvgIpc) is 2.65. The van der Waals surface area contributed by atoms with Gasteiger partial charge in [0.1, 0.15) is 5.82 Å². The zero-order valence-corrected chi connectivity index (χ0v) is 11.2. The topological polar surface area (TPSA) is 53.1 Å². The molecule has 1 saturated heterocycles. The van der Waals surface area contributed by atoms with Crippen molar-refractivity contribution < 1.29 is 9.13 Å². The lowest BCUT2D eigenvalue weighted by atomic mass is 10.0. The number of hydrogen-bond donors (Lipinski definition) is 1. The number of nitrogens with zero attached hydrogens (tertiary/aromatic N) is 2. The minimum atomic E-state index is -0.238. The van der Waals surface area contributed by atoms with Gasteiger partial charge in [-0.3, -0.25) is 0 Å². The van der Waals surface area contributed by atoms with Crippen LogP contribution < -0.4 is 5.73 Å². The van der Waals surface area contributed by atoms with Gasteiger partial charge in [0, 0.05) is 18.7 Å². The van der Waals surface area contributed by atoms with Crippen molar-refractivity contribution >= 4 is 17.0 Å². The predicted molar refractivity (Wildman–Crippen MR) is 72.5 cm³/mol. The summed E-state index contributed by atoms with van der Waals surface area (Å²) in [5.41, 5.74) is 8.17. The zero-order chi connectivity index (χ0) is 13.6. The van der Waals surface area contributed by atoms with E-state index in [1.54, 1.807) is 6.92 Å². The standard InChI is InChI=1S/C14H18FN3O/c1-8-5-13-12(7-11(8)15)17-14(16)18(13)10-3-4-19-9(2)6-10/h5,7,9-10H,3-4,6H2,1-2H3,(H2,16,17). The van der Waals surface area contributed by atoms with E-state index in [-0.39, 0.29) is 18.0 Å². The molecule has 1 aromatic carbocycles. The summed E-state index contributed by atoms with van der Waals surface area (Å²) in [5, 5.41) is 0. The molecule has 0 aliphatic carbocycles. The second-order valence-corrected chi connectivity index (χ2v) is 5.29. The number of halogens is 1. The number of imidazole rings is 1. The summed E-state index contributed by atoms with van der Waals surface area (Å²) >= 11 is 0. The van der Waals surface area contributed by atoms with Crippen molar-refractivity contribution in [2.45, 2.75) is 38.8 Å². The van der Waals surface area contributed by atoms with Gasteiger partial charge in [0.25, 0.3) is 0 Å². The molecule has 2 heterocycles. The molecule has 2 unspecified atom stereocenters. The highest BCUT2D eigenvalue weighted by molar-refractivity contribution is 5.79. The molecule has 1 aliphatic rings. The molecular formula is C14H18FN3O.